The van der Waals surface area contributed by atoms with Crippen molar-refractivity contribution in [2.45, 2.75) is 11.8 Å². The van der Waals surface area contributed by atoms with E-state index in [0.29, 0.717) is 0 Å². The van der Waals surface area contributed by atoms with E-state index in [0.717, 1.165) is 12.1 Å². The zero-order valence-corrected chi connectivity index (χ0v) is 11.6. The van der Waals surface area contributed by atoms with Crippen molar-refractivity contribution in [3.63, 3.8) is 0 Å². The zero-order chi connectivity index (χ0) is 13.9. The number of nitrogens with two attached hydrogens (primary N) is 1. The number of ether oxygens (including phenoxy) is 1. The second-order valence-electron chi connectivity index (χ2n) is 3.15. The van der Waals surface area contributed by atoms with Crippen LogP contribution in [0.15, 0.2) is 17.0 Å². The first kappa shape index (κ1) is 15.0. The fourth-order valence-corrected chi connectivity index (χ4v) is 2.38. The first-order chi connectivity index (χ1) is 8.25. The molecule has 18 heavy (non-hydrogen) atoms. The Labute approximate surface area is 114 Å². The Hall–Kier alpha value is -1.02. The molecule has 1 aromatic carbocycles. The number of hydrogen-bond donors (Lipinski definition) is 2. The second-order valence-corrected chi connectivity index (χ2v) is 5.53. The molecule has 0 bridgehead atoms. The molecule has 0 radical (unpaired) electrons. The van der Waals surface area contributed by atoms with Crippen LogP contribution in [0.2, 0.25) is 10.0 Å². The van der Waals surface area contributed by atoms with E-state index in [4.69, 9.17) is 28.3 Å². The van der Waals surface area contributed by atoms with Gasteiger partial charge in [0.25, 0.3) is 0 Å². The Bertz CT molecular complexity index is 551. The van der Waals surface area contributed by atoms with E-state index in [1.165, 1.54) is 0 Å². The van der Waals surface area contributed by atoms with E-state index < -0.39 is 16.1 Å². The van der Waals surface area contributed by atoms with Crippen molar-refractivity contribution >= 4 is 45.0 Å². The molecule has 0 heterocycles. The maximum absolute atomic E-state index is 11.2. The van der Waals surface area contributed by atoms with Crippen LogP contribution >= 0.6 is 23.2 Å². The van der Waals surface area contributed by atoms with Gasteiger partial charge in [0.15, 0.2) is 0 Å². The number of nitrogens with one attached hydrogen (secondary N) is 1. The van der Waals surface area contributed by atoms with Crippen LogP contribution in [0.1, 0.15) is 6.92 Å². The zero-order valence-electron chi connectivity index (χ0n) is 9.24. The highest BCUT2D eigenvalue weighted by Crippen LogP contribution is 2.33. The van der Waals surface area contributed by atoms with Gasteiger partial charge in [-0.05, 0) is 19.1 Å². The summed E-state index contributed by atoms with van der Waals surface area (Å²) in [6, 6.07) is 2.18. The number of primary sulfonamides is 1. The predicted octanol–water partition coefficient (Wildman–Crippen LogP) is 2.21. The lowest BCUT2D eigenvalue weighted by Gasteiger charge is -2.10. The summed E-state index contributed by atoms with van der Waals surface area (Å²) < 4.78 is 26.9. The van der Waals surface area contributed by atoms with Crippen molar-refractivity contribution in [1.29, 1.82) is 0 Å². The minimum absolute atomic E-state index is 0.0559. The normalized spacial score (nSPS) is 11.1. The van der Waals surface area contributed by atoms with Gasteiger partial charge in [-0.3, -0.25) is 5.32 Å². The van der Waals surface area contributed by atoms with Crippen LogP contribution in [0.25, 0.3) is 0 Å². The molecule has 9 heteroatoms. The quantitative estimate of drug-likeness (QED) is 0.893. The molecule has 100 valence electrons. The summed E-state index contributed by atoms with van der Waals surface area (Å²) in [6.45, 7) is 1.81. The van der Waals surface area contributed by atoms with E-state index in [1.54, 1.807) is 6.92 Å². The molecule has 0 unspecified atom stereocenters. The standard InChI is InChI=1S/C9H10Cl2N2O4S/c1-2-17-9(14)13-8-6(10)3-5(4-7(8)11)18(12,15)16/h3-4H,2H2,1H3,(H,13,14)(H2,12,15,16). The number of rotatable bonds is 3. The summed E-state index contributed by atoms with van der Waals surface area (Å²) in [4.78, 5) is 11.0. The molecular weight excluding hydrogens is 303 g/mol. The van der Waals surface area contributed by atoms with Gasteiger partial charge < -0.3 is 4.74 Å². The highest BCUT2D eigenvalue weighted by Gasteiger charge is 2.16. The molecule has 1 rings (SSSR count). The van der Waals surface area contributed by atoms with Gasteiger partial charge in [-0.1, -0.05) is 23.2 Å². The average molecular weight is 313 g/mol. The Morgan fingerprint density at radius 3 is 2.28 bits per heavy atom. The van der Waals surface area contributed by atoms with Crippen molar-refractivity contribution in [3.05, 3.63) is 22.2 Å². The first-order valence-electron chi connectivity index (χ1n) is 4.71. The van der Waals surface area contributed by atoms with Gasteiger partial charge in [-0.2, -0.15) is 0 Å². The van der Waals surface area contributed by atoms with E-state index >= 15 is 0 Å². The number of sulfonamides is 1. The van der Waals surface area contributed by atoms with Crippen LogP contribution in [0, 0.1) is 0 Å². The Morgan fingerprint density at radius 1 is 1.39 bits per heavy atom. The largest absolute Gasteiger partial charge is 0.450 e. The number of carbonyl (C=O) groups excluding carboxylic acids is 1. The highest BCUT2D eigenvalue weighted by molar-refractivity contribution is 7.89. The molecular formula is C9H10Cl2N2O4S. The van der Waals surface area contributed by atoms with Crippen molar-refractivity contribution in [3.8, 4) is 0 Å². The lowest BCUT2D eigenvalue weighted by molar-refractivity contribution is 0.168. The second kappa shape index (κ2) is 5.75. The van der Waals surface area contributed by atoms with Gasteiger partial charge >= 0.3 is 6.09 Å². The predicted molar refractivity (Wildman–Crippen MR) is 68.5 cm³/mol. The molecule has 0 atom stereocenters. The maximum atomic E-state index is 11.2. The first-order valence-corrected chi connectivity index (χ1v) is 7.01. The minimum atomic E-state index is -3.92. The highest BCUT2D eigenvalue weighted by atomic mass is 35.5. The van der Waals surface area contributed by atoms with Crippen molar-refractivity contribution < 1.29 is 17.9 Å². The van der Waals surface area contributed by atoms with Crippen LogP contribution in [-0.4, -0.2) is 21.1 Å². The number of anilines is 1. The van der Waals surface area contributed by atoms with Crippen LogP contribution in [-0.2, 0) is 14.8 Å². The molecule has 0 spiro atoms. The van der Waals surface area contributed by atoms with Gasteiger partial charge in [0, 0.05) is 0 Å². The average Bonchev–Trinajstić information content (AvgIpc) is 2.22. The van der Waals surface area contributed by atoms with E-state index in [2.05, 4.69) is 10.1 Å². The van der Waals surface area contributed by atoms with Gasteiger partial charge in [0.2, 0.25) is 10.0 Å². The van der Waals surface area contributed by atoms with Crippen LogP contribution in [0.3, 0.4) is 0 Å². The molecule has 0 aliphatic carbocycles. The molecule has 0 saturated heterocycles. The molecule has 0 aromatic heterocycles. The number of amides is 1. The molecule has 0 fully saturated rings. The van der Waals surface area contributed by atoms with Crippen molar-refractivity contribution in [2.75, 3.05) is 11.9 Å². The summed E-state index contributed by atoms with van der Waals surface area (Å²) >= 11 is 11.6. The summed E-state index contributed by atoms with van der Waals surface area (Å²) in [5.41, 5.74) is 0.0594. The molecule has 1 aromatic rings. The Morgan fingerprint density at radius 2 is 1.89 bits per heavy atom. The van der Waals surface area contributed by atoms with Gasteiger partial charge in [0.05, 0.1) is 27.2 Å². The fraction of sp³-hybridized carbons (Fsp3) is 0.222. The lowest BCUT2D eigenvalue weighted by atomic mass is 10.3. The Balaban J connectivity index is 3.13. The molecule has 0 aliphatic rings. The SMILES string of the molecule is CCOC(=O)Nc1c(Cl)cc(S(N)(=O)=O)cc1Cl. The molecule has 0 saturated carbocycles. The summed E-state index contributed by atoms with van der Waals surface area (Å²) in [6.07, 6.45) is -0.746. The molecule has 0 aliphatic heterocycles. The monoisotopic (exact) mass is 312 g/mol. The topological polar surface area (TPSA) is 98.5 Å². The summed E-state index contributed by atoms with van der Waals surface area (Å²) in [5, 5.41) is 7.12. The van der Waals surface area contributed by atoms with Gasteiger partial charge in [-0.25, -0.2) is 18.4 Å². The van der Waals surface area contributed by atoms with E-state index in [-0.39, 0.29) is 27.2 Å². The number of carbonyl (C=O) groups is 1. The van der Waals surface area contributed by atoms with Crippen molar-refractivity contribution in [1.82, 2.24) is 0 Å². The fourth-order valence-electron chi connectivity index (χ4n) is 1.10. The lowest BCUT2D eigenvalue weighted by Crippen LogP contribution is -2.15. The number of hydrogen-bond acceptors (Lipinski definition) is 4. The molecule has 1 amide bonds. The minimum Gasteiger partial charge on any atom is -0.450 e. The van der Waals surface area contributed by atoms with Crippen LogP contribution in [0.4, 0.5) is 10.5 Å². The molecule has 6 nitrogen and oxygen atoms in total. The van der Waals surface area contributed by atoms with Crippen LogP contribution < -0.4 is 10.5 Å². The third-order valence-corrected chi connectivity index (χ3v) is 3.34. The van der Waals surface area contributed by atoms with Crippen LogP contribution in [0.5, 0.6) is 0 Å². The maximum Gasteiger partial charge on any atom is 0.411 e. The third kappa shape index (κ3) is 3.74. The van der Waals surface area contributed by atoms with Gasteiger partial charge in [-0.15, -0.1) is 0 Å². The van der Waals surface area contributed by atoms with Gasteiger partial charge in [0.1, 0.15) is 0 Å². The summed E-state index contributed by atoms with van der Waals surface area (Å²) in [7, 11) is -3.92. The van der Waals surface area contributed by atoms with E-state index in [9.17, 15) is 13.2 Å². The number of halogens is 2. The van der Waals surface area contributed by atoms with E-state index in [1.807, 2.05) is 0 Å². The summed E-state index contributed by atoms with van der Waals surface area (Å²) in [5.74, 6) is 0. The third-order valence-electron chi connectivity index (χ3n) is 1.85. The smallest absolute Gasteiger partial charge is 0.411 e. The number of benzene rings is 1. The van der Waals surface area contributed by atoms with Crippen molar-refractivity contribution in [2.24, 2.45) is 5.14 Å². The Kier molecular flexibility index (Phi) is 4.80. The molecule has 3 N–H and O–H groups in total.